The van der Waals surface area contributed by atoms with Gasteiger partial charge >= 0.3 is 5.97 Å². The van der Waals surface area contributed by atoms with Gasteiger partial charge < -0.3 is 9.47 Å². The van der Waals surface area contributed by atoms with E-state index in [4.69, 9.17) is 21.1 Å². The van der Waals surface area contributed by atoms with Gasteiger partial charge in [0.15, 0.2) is 5.70 Å². The molecule has 132 valence electrons. The Morgan fingerprint density at radius 1 is 1.27 bits per heavy atom. The van der Waals surface area contributed by atoms with Crippen LogP contribution in [0.4, 0.5) is 5.69 Å². The van der Waals surface area contributed by atoms with Crippen LogP contribution in [0.15, 0.2) is 53.2 Å². The van der Waals surface area contributed by atoms with E-state index in [2.05, 4.69) is 4.99 Å². The number of hydrogen-bond donors (Lipinski definition) is 0. The van der Waals surface area contributed by atoms with Crippen molar-refractivity contribution in [1.29, 1.82) is 0 Å². The summed E-state index contributed by atoms with van der Waals surface area (Å²) in [5, 5.41) is 11.2. The highest BCUT2D eigenvalue weighted by molar-refractivity contribution is 6.32. The molecule has 0 amide bonds. The fourth-order valence-corrected chi connectivity index (χ4v) is 2.47. The Balaban J connectivity index is 1.91. The molecular weight excluding hydrogens is 360 g/mol. The second kappa shape index (κ2) is 7.37. The average molecular weight is 373 g/mol. The lowest BCUT2D eigenvalue weighted by molar-refractivity contribution is -0.384. The summed E-state index contributed by atoms with van der Waals surface area (Å²) in [7, 11) is 0. The van der Waals surface area contributed by atoms with Gasteiger partial charge in [-0.05, 0) is 43.3 Å². The molecule has 0 N–H and O–H groups in total. The monoisotopic (exact) mass is 372 g/mol. The third-order valence-electron chi connectivity index (χ3n) is 3.52. The van der Waals surface area contributed by atoms with Crippen molar-refractivity contribution in [2.24, 2.45) is 4.99 Å². The molecule has 7 nitrogen and oxygen atoms in total. The van der Waals surface area contributed by atoms with E-state index in [0.29, 0.717) is 23.5 Å². The number of benzene rings is 2. The Bertz CT molecular complexity index is 935. The van der Waals surface area contributed by atoms with E-state index < -0.39 is 10.9 Å². The Morgan fingerprint density at radius 2 is 2.00 bits per heavy atom. The van der Waals surface area contributed by atoms with Gasteiger partial charge in [0.2, 0.25) is 5.90 Å². The second-order valence-electron chi connectivity index (χ2n) is 5.26. The predicted octanol–water partition coefficient (Wildman–Crippen LogP) is 3.99. The van der Waals surface area contributed by atoms with Crippen LogP contribution in [-0.2, 0) is 9.53 Å². The van der Waals surface area contributed by atoms with Gasteiger partial charge in [0.05, 0.1) is 11.5 Å². The molecule has 0 unspecified atom stereocenters. The molecule has 0 bridgehead atoms. The first-order valence-corrected chi connectivity index (χ1v) is 8.05. The first kappa shape index (κ1) is 17.6. The molecule has 0 fully saturated rings. The minimum atomic E-state index is -0.656. The molecule has 1 aliphatic heterocycles. The number of ether oxygens (including phenoxy) is 2. The molecule has 0 aliphatic carbocycles. The third kappa shape index (κ3) is 3.73. The lowest BCUT2D eigenvalue weighted by Crippen LogP contribution is -2.05. The molecule has 1 heterocycles. The van der Waals surface area contributed by atoms with Gasteiger partial charge in [0.25, 0.3) is 5.69 Å². The first-order valence-electron chi connectivity index (χ1n) is 7.67. The zero-order chi connectivity index (χ0) is 18.7. The molecule has 0 radical (unpaired) electrons. The highest BCUT2D eigenvalue weighted by atomic mass is 35.5. The normalized spacial score (nSPS) is 14.9. The number of cyclic esters (lactones) is 1. The van der Waals surface area contributed by atoms with Gasteiger partial charge in [-0.2, -0.15) is 0 Å². The molecule has 0 spiro atoms. The van der Waals surface area contributed by atoms with Crippen molar-refractivity contribution in [1.82, 2.24) is 0 Å². The summed E-state index contributed by atoms with van der Waals surface area (Å²) in [6, 6.07) is 10.9. The van der Waals surface area contributed by atoms with E-state index in [0.717, 1.165) is 0 Å². The summed E-state index contributed by atoms with van der Waals surface area (Å²) >= 11 is 6.05. The maximum atomic E-state index is 12.1. The first-order chi connectivity index (χ1) is 12.5. The van der Waals surface area contributed by atoms with Crippen LogP contribution in [0.25, 0.3) is 6.08 Å². The zero-order valence-electron chi connectivity index (χ0n) is 13.6. The van der Waals surface area contributed by atoms with Crippen LogP contribution >= 0.6 is 11.6 Å². The zero-order valence-corrected chi connectivity index (χ0v) is 14.4. The number of halogens is 1. The van der Waals surface area contributed by atoms with E-state index in [-0.39, 0.29) is 22.3 Å². The lowest BCUT2D eigenvalue weighted by atomic mass is 10.1. The van der Waals surface area contributed by atoms with E-state index in [9.17, 15) is 14.9 Å². The molecule has 2 aromatic rings. The van der Waals surface area contributed by atoms with Crippen LogP contribution in [0.3, 0.4) is 0 Å². The van der Waals surface area contributed by atoms with Crippen molar-refractivity contribution in [2.45, 2.75) is 6.92 Å². The molecule has 0 atom stereocenters. The number of non-ortho nitro benzene ring substituents is 1. The van der Waals surface area contributed by atoms with Gasteiger partial charge in [-0.25, -0.2) is 9.79 Å². The smallest absolute Gasteiger partial charge is 0.363 e. The second-order valence-corrected chi connectivity index (χ2v) is 5.66. The summed E-state index contributed by atoms with van der Waals surface area (Å²) in [6.07, 6.45) is 1.36. The van der Waals surface area contributed by atoms with Gasteiger partial charge in [-0.3, -0.25) is 10.1 Å². The summed E-state index contributed by atoms with van der Waals surface area (Å²) < 4.78 is 10.5. The maximum Gasteiger partial charge on any atom is 0.363 e. The van der Waals surface area contributed by atoms with Crippen molar-refractivity contribution < 1.29 is 19.2 Å². The molecule has 0 saturated carbocycles. The minimum Gasteiger partial charge on any atom is -0.494 e. The van der Waals surface area contributed by atoms with Crippen LogP contribution in [0.2, 0.25) is 5.02 Å². The standard InChI is InChI=1S/C18H13ClN2O5/c1-2-25-14-6-3-11(4-7-14)17-20-16(18(22)26-17)10-12-9-13(21(23)24)5-8-15(12)19/h3-10H,2H2,1H3/b16-10-. The number of nitro groups is 1. The highest BCUT2D eigenvalue weighted by Crippen LogP contribution is 2.27. The molecule has 0 saturated heterocycles. The molecule has 1 aliphatic rings. The van der Waals surface area contributed by atoms with E-state index in [1.807, 2.05) is 6.92 Å². The quantitative estimate of drug-likeness (QED) is 0.342. The summed E-state index contributed by atoms with van der Waals surface area (Å²) in [6.45, 7) is 2.43. The largest absolute Gasteiger partial charge is 0.494 e. The minimum absolute atomic E-state index is 0.0104. The summed E-state index contributed by atoms with van der Waals surface area (Å²) in [4.78, 5) is 26.6. The molecule has 3 rings (SSSR count). The fraction of sp³-hybridized carbons (Fsp3) is 0.111. The van der Waals surface area contributed by atoms with Gasteiger partial charge in [0, 0.05) is 28.3 Å². The molecule has 26 heavy (non-hydrogen) atoms. The van der Waals surface area contributed by atoms with Crippen LogP contribution < -0.4 is 4.74 Å². The van der Waals surface area contributed by atoms with E-state index in [1.54, 1.807) is 24.3 Å². The molecule has 2 aromatic carbocycles. The van der Waals surface area contributed by atoms with Gasteiger partial charge in [-0.1, -0.05) is 11.6 Å². The average Bonchev–Trinajstić information content (AvgIpc) is 2.98. The lowest BCUT2D eigenvalue weighted by Gasteiger charge is -2.03. The number of aliphatic imine (C=N–C) groups is 1. The Kier molecular flexibility index (Phi) is 4.99. The van der Waals surface area contributed by atoms with E-state index >= 15 is 0 Å². The van der Waals surface area contributed by atoms with Crippen LogP contribution in [0.1, 0.15) is 18.1 Å². The molecule has 8 heteroatoms. The number of nitrogens with zero attached hydrogens (tertiary/aromatic N) is 2. The summed E-state index contributed by atoms with van der Waals surface area (Å²) in [5.74, 6) is 0.183. The Labute approximate surface area is 153 Å². The van der Waals surface area contributed by atoms with Crippen LogP contribution in [0, 0.1) is 10.1 Å². The van der Waals surface area contributed by atoms with Crippen molar-refractivity contribution in [3.05, 3.63) is 74.4 Å². The molecule has 0 aromatic heterocycles. The topological polar surface area (TPSA) is 91.0 Å². The highest BCUT2D eigenvalue weighted by Gasteiger charge is 2.24. The molecular formula is C18H13ClN2O5. The van der Waals surface area contributed by atoms with Crippen LogP contribution in [-0.4, -0.2) is 23.4 Å². The van der Waals surface area contributed by atoms with Gasteiger partial charge in [0.1, 0.15) is 5.75 Å². The Morgan fingerprint density at radius 3 is 2.65 bits per heavy atom. The number of esters is 1. The van der Waals surface area contributed by atoms with Gasteiger partial charge in [-0.15, -0.1) is 0 Å². The van der Waals surface area contributed by atoms with Crippen molar-refractivity contribution in [2.75, 3.05) is 6.61 Å². The number of carbonyl (C=O) groups excluding carboxylic acids is 1. The van der Waals surface area contributed by atoms with E-state index in [1.165, 1.54) is 24.3 Å². The predicted molar refractivity (Wildman–Crippen MR) is 96.3 cm³/mol. The number of hydrogen-bond acceptors (Lipinski definition) is 6. The Hall–Kier alpha value is -3.19. The third-order valence-corrected chi connectivity index (χ3v) is 3.86. The number of carbonyl (C=O) groups is 1. The fourth-order valence-electron chi connectivity index (χ4n) is 2.30. The SMILES string of the molecule is CCOc1ccc(C2=N/C(=C\c3cc([N+](=O)[O-])ccc3Cl)C(=O)O2)cc1. The summed E-state index contributed by atoms with van der Waals surface area (Å²) in [5.41, 5.74) is 0.791. The number of rotatable bonds is 5. The van der Waals surface area contributed by atoms with Crippen molar-refractivity contribution in [3.63, 3.8) is 0 Å². The number of nitro benzene ring substituents is 1. The van der Waals surface area contributed by atoms with Crippen molar-refractivity contribution >= 4 is 35.2 Å². The van der Waals surface area contributed by atoms with Crippen molar-refractivity contribution in [3.8, 4) is 5.75 Å². The van der Waals surface area contributed by atoms with Crippen LogP contribution in [0.5, 0.6) is 5.75 Å². The maximum absolute atomic E-state index is 12.1.